The number of carbonyl (C=O) groups is 2. The molecule has 0 N–H and O–H groups in total. The Hall–Kier alpha value is -1.04. The van der Waals surface area contributed by atoms with Crippen molar-refractivity contribution in [3.05, 3.63) is 49.2 Å². The Labute approximate surface area is 215 Å². The number of aliphatic carboxylic acids is 1. The van der Waals surface area contributed by atoms with Crippen LogP contribution in [0.3, 0.4) is 0 Å². The predicted octanol–water partition coefficient (Wildman–Crippen LogP) is 5.35. The van der Waals surface area contributed by atoms with Crippen LogP contribution in [0.1, 0.15) is 121 Å². The Bertz CT molecular complexity index is 510. The molecule has 1 aromatic rings. The first-order valence-electron chi connectivity index (χ1n) is 11.9. The summed E-state index contributed by atoms with van der Waals surface area (Å²) in [7, 11) is 0. The number of carboxylic acid groups (broad SMARTS) is 2. The molecule has 5 heteroatoms. The van der Waals surface area contributed by atoms with Gasteiger partial charge in [-0.05, 0) is 36.5 Å². The summed E-state index contributed by atoms with van der Waals surface area (Å²) in [6.07, 6.45) is 13.5. The Morgan fingerprint density at radius 1 is 0.781 bits per heavy atom. The fraction of sp³-hybridized carbons (Fsp3) is 0.630. The molecule has 0 aliphatic heterocycles. The maximum Gasteiger partial charge on any atom is 2.00 e. The second-order valence-corrected chi connectivity index (χ2v) is 7.33. The quantitative estimate of drug-likeness (QED) is 0.258. The minimum Gasteiger partial charge on any atom is -0.550 e. The number of hydrogen-bond acceptors (Lipinski definition) is 4. The van der Waals surface area contributed by atoms with Crippen molar-refractivity contribution >= 4 is 35.8 Å². The van der Waals surface area contributed by atoms with E-state index in [9.17, 15) is 19.8 Å². The van der Waals surface area contributed by atoms with Crippen molar-refractivity contribution in [2.24, 2.45) is 0 Å². The van der Waals surface area contributed by atoms with Gasteiger partial charge in [0.2, 0.25) is 0 Å². The Morgan fingerprint density at radius 2 is 1.28 bits per heavy atom. The molecule has 0 heterocycles. The van der Waals surface area contributed by atoms with Crippen LogP contribution in [0.4, 0.5) is 0 Å². The summed E-state index contributed by atoms with van der Waals surface area (Å²) in [5.41, 5.74) is 1.32. The maximum atomic E-state index is 10.4. The molecule has 0 atom stereocenters. The minimum absolute atomic E-state index is 0. The number of carboxylic acids is 2. The van der Waals surface area contributed by atoms with Crippen molar-refractivity contribution in [2.75, 3.05) is 0 Å². The van der Waals surface area contributed by atoms with E-state index >= 15 is 0 Å². The molecule has 0 aliphatic carbocycles. The van der Waals surface area contributed by atoms with Gasteiger partial charge in [0.1, 0.15) is 0 Å². The SMILES string of the molecule is CCCCCCCCC(=O)[O-].CCCc1cccc(C(=O)[O-])c1.[CH2]CCC.[CH2]CCC.[Sn+2]. The Kier molecular flexibility index (Phi) is 38.4. The van der Waals surface area contributed by atoms with E-state index in [0.29, 0.717) is 0 Å². The molecular formula is C27H46O4Sn. The molecule has 0 bridgehead atoms. The number of unbranched alkanes of at least 4 members (excludes halogenated alkanes) is 7. The zero-order chi connectivity index (χ0) is 24.3. The number of rotatable bonds is 12. The van der Waals surface area contributed by atoms with E-state index in [2.05, 4.69) is 41.5 Å². The van der Waals surface area contributed by atoms with Gasteiger partial charge in [-0.1, -0.05) is 124 Å². The van der Waals surface area contributed by atoms with E-state index in [1.54, 1.807) is 18.2 Å². The van der Waals surface area contributed by atoms with Gasteiger partial charge in [-0.25, -0.2) is 0 Å². The van der Waals surface area contributed by atoms with Gasteiger partial charge >= 0.3 is 23.9 Å². The molecule has 0 amide bonds. The third-order valence-electron chi connectivity index (χ3n) is 4.14. The minimum atomic E-state index is -1.10. The van der Waals surface area contributed by atoms with Crippen LogP contribution >= 0.6 is 0 Å². The van der Waals surface area contributed by atoms with Crippen molar-refractivity contribution in [1.82, 2.24) is 0 Å². The summed E-state index contributed by atoms with van der Waals surface area (Å²) in [6, 6.07) is 6.89. The average molecular weight is 553 g/mol. The fourth-order valence-corrected chi connectivity index (χ4v) is 2.19. The van der Waals surface area contributed by atoms with Gasteiger partial charge in [-0.2, -0.15) is 0 Å². The van der Waals surface area contributed by atoms with Crippen molar-refractivity contribution in [3.8, 4) is 0 Å². The first kappa shape index (κ1) is 38.2. The summed E-state index contributed by atoms with van der Waals surface area (Å²) >= 11 is 0. The summed E-state index contributed by atoms with van der Waals surface area (Å²) < 4.78 is 0. The topological polar surface area (TPSA) is 80.3 Å². The van der Waals surface area contributed by atoms with Crippen LogP contribution in [0.15, 0.2) is 24.3 Å². The standard InChI is InChI=1S/C10H12O2.C9H18O2.2C4H9.Sn/c1-2-4-8-5-3-6-9(7-8)10(11)12;1-2-3-4-5-6-7-8-9(10)11;2*1-3-4-2;/h3,5-7H,2,4H2,1H3,(H,11,12);2-8H2,1H3,(H,10,11);2*1,3-4H2,2H3;/q;;;;+2/p-2. The van der Waals surface area contributed by atoms with Crippen LogP contribution in [-0.2, 0) is 11.2 Å². The Morgan fingerprint density at radius 3 is 1.69 bits per heavy atom. The number of carbonyl (C=O) groups excluding carboxylic acids is 2. The van der Waals surface area contributed by atoms with E-state index in [1.807, 2.05) is 6.07 Å². The van der Waals surface area contributed by atoms with Gasteiger partial charge in [0.05, 0.1) is 5.97 Å². The molecule has 4 radical (unpaired) electrons. The third-order valence-corrected chi connectivity index (χ3v) is 4.14. The maximum absolute atomic E-state index is 10.4. The van der Waals surface area contributed by atoms with Crippen LogP contribution < -0.4 is 10.2 Å². The molecule has 32 heavy (non-hydrogen) atoms. The number of aryl methyl sites for hydroxylation is 1. The molecule has 0 fully saturated rings. The van der Waals surface area contributed by atoms with Crippen molar-refractivity contribution < 1.29 is 19.8 Å². The molecule has 0 spiro atoms. The summed E-state index contributed by atoms with van der Waals surface area (Å²) in [5, 5.41) is 20.4. The van der Waals surface area contributed by atoms with Crippen molar-refractivity contribution in [3.63, 3.8) is 0 Å². The summed E-state index contributed by atoms with van der Waals surface area (Å²) in [5.74, 6) is -2.02. The number of hydrogen-bond donors (Lipinski definition) is 0. The predicted molar refractivity (Wildman–Crippen MR) is 134 cm³/mol. The van der Waals surface area contributed by atoms with Gasteiger partial charge in [0.15, 0.2) is 0 Å². The van der Waals surface area contributed by atoms with Crippen LogP contribution in [0.5, 0.6) is 0 Å². The van der Waals surface area contributed by atoms with E-state index in [4.69, 9.17) is 0 Å². The molecular weight excluding hydrogens is 507 g/mol. The average Bonchev–Trinajstić information content (AvgIpc) is 2.77. The Balaban J connectivity index is -0.000000181. The first-order valence-corrected chi connectivity index (χ1v) is 11.9. The van der Waals surface area contributed by atoms with E-state index in [1.165, 1.54) is 38.5 Å². The molecule has 0 aromatic heterocycles. The second-order valence-electron chi connectivity index (χ2n) is 7.33. The smallest absolute Gasteiger partial charge is 0.550 e. The fourth-order valence-electron chi connectivity index (χ4n) is 2.19. The zero-order valence-electron chi connectivity index (χ0n) is 21.0. The van der Waals surface area contributed by atoms with Gasteiger partial charge in [0.25, 0.3) is 0 Å². The van der Waals surface area contributed by atoms with Crippen LogP contribution in [-0.4, -0.2) is 35.8 Å². The summed E-state index contributed by atoms with van der Waals surface area (Å²) in [4.78, 5) is 20.4. The molecule has 0 saturated heterocycles. The zero-order valence-corrected chi connectivity index (χ0v) is 23.9. The van der Waals surface area contributed by atoms with Crippen LogP contribution in [0, 0.1) is 13.8 Å². The molecule has 0 unspecified atom stereocenters. The van der Waals surface area contributed by atoms with E-state index in [0.717, 1.165) is 44.1 Å². The molecule has 1 aromatic carbocycles. The van der Waals surface area contributed by atoms with Crippen LogP contribution in [0.25, 0.3) is 0 Å². The molecule has 1 rings (SSSR count). The second kappa shape index (κ2) is 32.1. The monoisotopic (exact) mass is 554 g/mol. The molecule has 182 valence electrons. The normalized spacial score (nSPS) is 8.94. The largest absolute Gasteiger partial charge is 2.00 e. The van der Waals surface area contributed by atoms with Gasteiger partial charge in [-0.15, -0.1) is 0 Å². The van der Waals surface area contributed by atoms with Crippen molar-refractivity contribution in [2.45, 2.75) is 111 Å². The summed E-state index contributed by atoms with van der Waals surface area (Å²) in [6.45, 7) is 15.7. The first-order chi connectivity index (χ1) is 14.8. The van der Waals surface area contributed by atoms with E-state index < -0.39 is 11.9 Å². The van der Waals surface area contributed by atoms with Crippen molar-refractivity contribution in [1.29, 1.82) is 0 Å². The van der Waals surface area contributed by atoms with Gasteiger partial charge in [-0.3, -0.25) is 0 Å². The van der Waals surface area contributed by atoms with Gasteiger partial charge < -0.3 is 19.8 Å². The molecule has 4 nitrogen and oxygen atoms in total. The molecule has 0 saturated carbocycles. The number of benzene rings is 1. The van der Waals surface area contributed by atoms with Crippen LogP contribution in [0.2, 0.25) is 0 Å². The van der Waals surface area contributed by atoms with Gasteiger partial charge in [0, 0.05) is 5.97 Å². The molecule has 0 aliphatic rings. The number of aromatic carboxylic acids is 1. The third kappa shape index (κ3) is 33.6. The van der Waals surface area contributed by atoms with E-state index in [-0.39, 0.29) is 35.9 Å².